The zero-order valence-electron chi connectivity index (χ0n) is 12.3. The summed E-state index contributed by atoms with van der Waals surface area (Å²) in [5.41, 5.74) is 0.541. The Morgan fingerprint density at radius 2 is 2.00 bits per heavy atom. The van der Waals surface area contributed by atoms with E-state index in [0.717, 1.165) is 0 Å². The molecule has 1 aliphatic heterocycles. The maximum absolute atomic E-state index is 13.6. The summed E-state index contributed by atoms with van der Waals surface area (Å²) in [6.45, 7) is 0.443. The standard InChI is InChI=1S/C15H16BrFN2O3S/c16-11-2-1-10(12(17)7-11)8-23-9-13(20)18-5-6-19-14(21)3-4-15(19)22/h1-2,7H,3-6,8-9H2,(H,18,20). The van der Waals surface area contributed by atoms with Crippen LogP contribution in [-0.4, -0.2) is 41.5 Å². The van der Waals surface area contributed by atoms with E-state index in [9.17, 15) is 18.8 Å². The fourth-order valence-corrected chi connectivity index (χ4v) is 3.30. The van der Waals surface area contributed by atoms with Gasteiger partial charge in [0, 0.05) is 36.2 Å². The van der Waals surface area contributed by atoms with Crippen molar-refractivity contribution in [2.24, 2.45) is 0 Å². The van der Waals surface area contributed by atoms with Crippen LogP contribution in [0.2, 0.25) is 0 Å². The Morgan fingerprint density at radius 3 is 2.65 bits per heavy atom. The Bertz CT molecular complexity index is 611. The number of amides is 3. The summed E-state index contributed by atoms with van der Waals surface area (Å²) in [5, 5.41) is 2.65. The third-order valence-corrected chi connectivity index (χ3v) is 4.79. The second-order valence-corrected chi connectivity index (χ2v) is 6.92. The third kappa shape index (κ3) is 5.31. The molecule has 0 aromatic heterocycles. The summed E-state index contributed by atoms with van der Waals surface area (Å²) in [6, 6.07) is 4.82. The minimum atomic E-state index is -0.307. The molecule has 3 amide bonds. The summed E-state index contributed by atoms with van der Waals surface area (Å²) in [6.07, 6.45) is 0.503. The van der Waals surface area contributed by atoms with Crippen molar-refractivity contribution < 1.29 is 18.8 Å². The smallest absolute Gasteiger partial charge is 0.230 e. The third-order valence-electron chi connectivity index (χ3n) is 3.32. The van der Waals surface area contributed by atoms with E-state index < -0.39 is 0 Å². The first-order valence-electron chi connectivity index (χ1n) is 7.09. The average Bonchev–Trinajstić information content (AvgIpc) is 2.81. The summed E-state index contributed by atoms with van der Waals surface area (Å²) < 4.78 is 14.3. The van der Waals surface area contributed by atoms with Crippen LogP contribution in [0.4, 0.5) is 4.39 Å². The number of thioether (sulfide) groups is 1. The first-order valence-corrected chi connectivity index (χ1v) is 9.03. The van der Waals surface area contributed by atoms with Gasteiger partial charge in [-0.25, -0.2) is 4.39 Å². The number of carbonyl (C=O) groups is 3. The second kappa shape index (κ2) is 8.44. The molecule has 8 heteroatoms. The van der Waals surface area contributed by atoms with Gasteiger partial charge in [0.25, 0.3) is 0 Å². The molecule has 2 rings (SSSR count). The highest BCUT2D eigenvalue weighted by molar-refractivity contribution is 9.10. The number of likely N-dealkylation sites (tertiary alicyclic amines) is 1. The highest BCUT2D eigenvalue weighted by Gasteiger charge is 2.28. The van der Waals surface area contributed by atoms with E-state index in [4.69, 9.17) is 0 Å². The topological polar surface area (TPSA) is 66.5 Å². The van der Waals surface area contributed by atoms with Crippen LogP contribution < -0.4 is 5.32 Å². The lowest BCUT2D eigenvalue weighted by Gasteiger charge is -2.13. The molecule has 1 aromatic rings. The largest absolute Gasteiger partial charge is 0.354 e. The molecule has 0 bridgehead atoms. The average molecular weight is 403 g/mol. The Balaban J connectivity index is 1.65. The molecule has 124 valence electrons. The molecular weight excluding hydrogens is 387 g/mol. The molecular formula is C15H16BrFN2O3S. The molecule has 5 nitrogen and oxygen atoms in total. The SMILES string of the molecule is O=C(CSCc1ccc(Br)cc1F)NCCN1C(=O)CCC1=O. The number of nitrogens with zero attached hydrogens (tertiary/aromatic N) is 1. The number of hydrogen-bond acceptors (Lipinski definition) is 4. The molecule has 23 heavy (non-hydrogen) atoms. The number of nitrogens with one attached hydrogen (secondary N) is 1. The van der Waals surface area contributed by atoms with Gasteiger partial charge in [-0.05, 0) is 17.7 Å². The zero-order chi connectivity index (χ0) is 16.8. The molecule has 0 aliphatic carbocycles. The van der Waals surface area contributed by atoms with Crippen molar-refractivity contribution in [2.45, 2.75) is 18.6 Å². The fourth-order valence-electron chi connectivity index (χ4n) is 2.12. The van der Waals surface area contributed by atoms with Gasteiger partial charge in [-0.1, -0.05) is 22.0 Å². The zero-order valence-corrected chi connectivity index (χ0v) is 14.7. The van der Waals surface area contributed by atoms with Crippen LogP contribution in [-0.2, 0) is 20.1 Å². The minimum absolute atomic E-state index is 0.190. The molecule has 1 N–H and O–H groups in total. The highest BCUT2D eigenvalue weighted by atomic mass is 79.9. The Hall–Kier alpha value is -1.41. The molecule has 1 aliphatic rings. The maximum atomic E-state index is 13.6. The van der Waals surface area contributed by atoms with Crippen LogP contribution in [0.5, 0.6) is 0 Å². The van der Waals surface area contributed by atoms with Crippen LogP contribution in [0.3, 0.4) is 0 Å². The molecule has 0 radical (unpaired) electrons. The van der Waals surface area contributed by atoms with Gasteiger partial charge in [-0.2, -0.15) is 0 Å². The van der Waals surface area contributed by atoms with Crippen LogP contribution in [0.25, 0.3) is 0 Å². The van der Waals surface area contributed by atoms with Gasteiger partial charge >= 0.3 is 0 Å². The Morgan fingerprint density at radius 1 is 1.30 bits per heavy atom. The van der Waals surface area contributed by atoms with Crippen LogP contribution in [0, 0.1) is 5.82 Å². The van der Waals surface area contributed by atoms with E-state index in [2.05, 4.69) is 21.2 Å². The van der Waals surface area contributed by atoms with E-state index in [1.807, 2.05) is 0 Å². The Kier molecular flexibility index (Phi) is 6.59. The van der Waals surface area contributed by atoms with Crippen molar-refractivity contribution in [3.8, 4) is 0 Å². The van der Waals surface area contributed by atoms with Crippen molar-refractivity contribution in [1.29, 1.82) is 0 Å². The minimum Gasteiger partial charge on any atom is -0.354 e. The number of hydrogen-bond donors (Lipinski definition) is 1. The van der Waals surface area contributed by atoms with Gasteiger partial charge in [0.2, 0.25) is 17.7 Å². The van der Waals surface area contributed by atoms with Gasteiger partial charge in [-0.15, -0.1) is 11.8 Å². The first-order chi connectivity index (χ1) is 11.0. The Labute approximate surface area is 146 Å². The molecule has 1 saturated heterocycles. The van der Waals surface area contributed by atoms with Crippen LogP contribution >= 0.6 is 27.7 Å². The molecule has 1 heterocycles. The lowest BCUT2D eigenvalue weighted by Crippen LogP contribution is -2.38. The molecule has 0 atom stereocenters. The number of benzene rings is 1. The van der Waals surface area contributed by atoms with Crippen molar-refractivity contribution >= 4 is 45.4 Å². The molecule has 1 aromatic carbocycles. The van der Waals surface area contributed by atoms with E-state index in [0.29, 0.717) is 15.8 Å². The van der Waals surface area contributed by atoms with E-state index in [1.165, 1.54) is 22.7 Å². The van der Waals surface area contributed by atoms with Gasteiger partial charge in [0.15, 0.2) is 0 Å². The lowest BCUT2D eigenvalue weighted by molar-refractivity contribution is -0.138. The fraction of sp³-hybridized carbons (Fsp3) is 0.400. The van der Waals surface area contributed by atoms with Gasteiger partial charge in [0.05, 0.1) is 5.75 Å². The quantitative estimate of drug-likeness (QED) is 0.709. The van der Waals surface area contributed by atoms with Crippen molar-refractivity contribution in [3.05, 3.63) is 34.1 Å². The van der Waals surface area contributed by atoms with Gasteiger partial charge < -0.3 is 5.32 Å². The van der Waals surface area contributed by atoms with Crippen molar-refractivity contribution in [3.63, 3.8) is 0 Å². The first kappa shape index (κ1) is 17.9. The van der Waals surface area contributed by atoms with Crippen molar-refractivity contribution in [2.75, 3.05) is 18.8 Å². The number of halogens is 2. The second-order valence-electron chi connectivity index (χ2n) is 5.02. The number of carbonyl (C=O) groups excluding carboxylic acids is 3. The monoisotopic (exact) mass is 402 g/mol. The van der Waals surface area contributed by atoms with Crippen LogP contribution in [0.1, 0.15) is 18.4 Å². The summed E-state index contributed by atoms with van der Waals surface area (Å²) in [4.78, 5) is 35.6. The summed E-state index contributed by atoms with van der Waals surface area (Å²) in [5.74, 6) is -0.300. The summed E-state index contributed by atoms with van der Waals surface area (Å²) in [7, 11) is 0. The van der Waals surface area contributed by atoms with Crippen LogP contribution in [0.15, 0.2) is 22.7 Å². The van der Waals surface area contributed by atoms with Crippen molar-refractivity contribution in [1.82, 2.24) is 10.2 Å². The lowest BCUT2D eigenvalue weighted by atomic mass is 10.2. The molecule has 0 unspecified atom stereocenters. The normalized spacial score (nSPS) is 14.4. The number of imide groups is 1. The maximum Gasteiger partial charge on any atom is 0.230 e. The van der Waals surface area contributed by atoms with Gasteiger partial charge in [0.1, 0.15) is 5.82 Å². The number of rotatable bonds is 7. The highest BCUT2D eigenvalue weighted by Crippen LogP contribution is 2.19. The predicted octanol–water partition coefficient (Wildman–Crippen LogP) is 2.09. The summed E-state index contributed by atoms with van der Waals surface area (Å²) >= 11 is 4.49. The van der Waals surface area contributed by atoms with E-state index in [1.54, 1.807) is 12.1 Å². The van der Waals surface area contributed by atoms with Gasteiger partial charge in [-0.3, -0.25) is 19.3 Å². The van der Waals surface area contributed by atoms with E-state index >= 15 is 0 Å². The predicted molar refractivity (Wildman–Crippen MR) is 89.2 cm³/mol. The molecule has 0 saturated carbocycles. The van der Waals surface area contributed by atoms with E-state index in [-0.39, 0.29) is 55.2 Å². The molecule has 1 fully saturated rings. The molecule has 0 spiro atoms.